The predicted octanol–water partition coefficient (Wildman–Crippen LogP) is -1.39. The Morgan fingerprint density at radius 2 is 1.86 bits per heavy atom. The second kappa shape index (κ2) is 1.77. The van der Waals surface area contributed by atoms with Crippen LogP contribution in [0.15, 0.2) is 0 Å². The first-order chi connectivity index (χ1) is 2.94. The summed E-state index contributed by atoms with van der Waals surface area (Å²) in [5.74, 6) is 0. The first kappa shape index (κ1) is 6.87. The molecular formula is C2H7NO3S. The maximum absolute atomic E-state index is 9.86. The van der Waals surface area contributed by atoms with Crippen LogP contribution in [-0.4, -0.2) is 19.0 Å². The molecule has 0 fully saturated rings. The lowest BCUT2D eigenvalue weighted by Crippen LogP contribution is -2.24. The van der Waals surface area contributed by atoms with Gasteiger partial charge in [-0.2, -0.15) is 0 Å². The molecule has 5 heteroatoms. The zero-order chi connectivity index (χ0) is 6.08. The maximum Gasteiger partial charge on any atom is 0.235 e. The minimum Gasteiger partial charge on any atom is -0.376 e. The lowest BCUT2D eigenvalue weighted by Gasteiger charge is -1.95. The van der Waals surface area contributed by atoms with E-state index in [9.17, 15) is 8.42 Å². The van der Waals surface area contributed by atoms with E-state index in [0.717, 1.165) is 6.92 Å². The van der Waals surface area contributed by atoms with Gasteiger partial charge in [-0.25, -0.2) is 13.6 Å². The molecule has 0 aromatic heterocycles. The highest BCUT2D eigenvalue weighted by Gasteiger charge is 2.08. The highest BCUT2D eigenvalue weighted by atomic mass is 32.2. The van der Waals surface area contributed by atoms with Crippen molar-refractivity contribution in [2.75, 3.05) is 0 Å². The van der Waals surface area contributed by atoms with Gasteiger partial charge in [-0.15, -0.1) is 0 Å². The van der Waals surface area contributed by atoms with Gasteiger partial charge in [-0.3, -0.25) is 0 Å². The third-order valence-electron chi connectivity index (χ3n) is 0.475. The van der Waals surface area contributed by atoms with Crippen molar-refractivity contribution in [3.05, 3.63) is 0 Å². The zero-order valence-corrected chi connectivity index (χ0v) is 4.64. The molecule has 7 heavy (non-hydrogen) atoms. The Morgan fingerprint density at radius 3 is 1.86 bits per heavy atom. The number of hydrogen-bond acceptors (Lipinski definition) is 3. The average molecular weight is 125 g/mol. The lowest BCUT2D eigenvalue weighted by molar-refractivity contribution is 0.268. The molecule has 1 atom stereocenters. The fourth-order valence-electron chi connectivity index (χ4n) is 0. The Bertz CT molecular complexity index is 135. The number of aliphatic hydroxyl groups excluding tert-OH is 1. The van der Waals surface area contributed by atoms with Gasteiger partial charge >= 0.3 is 0 Å². The molecule has 0 aromatic carbocycles. The summed E-state index contributed by atoms with van der Waals surface area (Å²) in [5.41, 5.74) is -1.45. The van der Waals surface area contributed by atoms with Gasteiger partial charge in [0.15, 0.2) is 5.44 Å². The fraction of sp³-hybridized carbons (Fsp3) is 1.00. The molecule has 0 spiro atoms. The minimum absolute atomic E-state index is 1.09. The van der Waals surface area contributed by atoms with Gasteiger partial charge in [0.25, 0.3) is 0 Å². The van der Waals surface area contributed by atoms with Crippen molar-refractivity contribution >= 4 is 10.0 Å². The van der Waals surface area contributed by atoms with Crippen molar-refractivity contribution in [2.45, 2.75) is 12.4 Å². The zero-order valence-electron chi connectivity index (χ0n) is 3.83. The number of sulfonamides is 1. The van der Waals surface area contributed by atoms with Gasteiger partial charge in [0.2, 0.25) is 10.0 Å². The van der Waals surface area contributed by atoms with Crippen LogP contribution in [0.1, 0.15) is 6.92 Å². The van der Waals surface area contributed by atoms with Gasteiger partial charge in [0.05, 0.1) is 0 Å². The van der Waals surface area contributed by atoms with Gasteiger partial charge in [0.1, 0.15) is 0 Å². The Morgan fingerprint density at radius 1 is 1.71 bits per heavy atom. The summed E-state index contributed by atoms with van der Waals surface area (Å²) in [4.78, 5) is 0. The normalized spacial score (nSPS) is 16.4. The monoisotopic (exact) mass is 125 g/mol. The maximum atomic E-state index is 9.86. The largest absolute Gasteiger partial charge is 0.376 e. The van der Waals surface area contributed by atoms with Crippen molar-refractivity contribution in [1.29, 1.82) is 0 Å². The van der Waals surface area contributed by atoms with E-state index in [1.165, 1.54) is 0 Å². The Hall–Kier alpha value is -0.130. The van der Waals surface area contributed by atoms with Gasteiger partial charge in [-0.05, 0) is 6.92 Å². The van der Waals surface area contributed by atoms with Crippen LogP contribution in [0.25, 0.3) is 0 Å². The molecule has 0 saturated carbocycles. The first-order valence-electron chi connectivity index (χ1n) is 1.64. The highest BCUT2D eigenvalue weighted by molar-refractivity contribution is 7.89. The molecule has 44 valence electrons. The van der Waals surface area contributed by atoms with Crippen molar-refractivity contribution in [3.63, 3.8) is 0 Å². The summed E-state index contributed by atoms with van der Waals surface area (Å²) in [7, 11) is -3.69. The van der Waals surface area contributed by atoms with Crippen LogP contribution in [0.3, 0.4) is 0 Å². The summed E-state index contributed by atoms with van der Waals surface area (Å²) >= 11 is 0. The predicted molar refractivity (Wildman–Crippen MR) is 24.8 cm³/mol. The van der Waals surface area contributed by atoms with Crippen LogP contribution in [0.2, 0.25) is 0 Å². The molecule has 0 aromatic rings. The average Bonchev–Trinajstić information content (AvgIpc) is 1.31. The minimum atomic E-state index is -3.69. The van der Waals surface area contributed by atoms with E-state index in [-0.39, 0.29) is 0 Å². The van der Waals surface area contributed by atoms with Crippen molar-refractivity contribution in [2.24, 2.45) is 5.14 Å². The lowest BCUT2D eigenvalue weighted by atomic mass is 10.9. The van der Waals surface area contributed by atoms with Crippen LogP contribution >= 0.6 is 0 Å². The molecule has 0 heterocycles. The molecule has 3 N–H and O–H groups in total. The van der Waals surface area contributed by atoms with Gasteiger partial charge < -0.3 is 5.11 Å². The molecule has 0 aliphatic heterocycles. The first-order valence-corrected chi connectivity index (χ1v) is 3.25. The van der Waals surface area contributed by atoms with Crippen LogP contribution < -0.4 is 5.14 Å². The van der Waals surface area contributed by atoms with Gasteiger partial charge in [0, 0.05) is 0 Å². The second-order valence-corrected chi connectivity index (χ2v) is 3.05. The summed E-state index contributed by atoms with van der Waals surface area (Å²) < 4.78 is 19.7. The quantitative estimate of drug-likeness (QED) is 0.453. The molecule has 1 unspecified atom stereocenters. The molecule has 0 amide bonds. The third kappa shape index (κ3) is 2.55. The van der Waals surface area contributed by atoms with Crippen LogP contribution in [0.5, 0.6) is 0 Å². The van der Waals surface area contributed by atoms with E-state index < -0.39 is 15.5 Å². The Kier molecular flexibility index (Phi) is 1.74. The van der Waals surface area contributed by atoms with E-state index in [1.54, 1.807) is 0 Å². The summed E-state index contributed by atoms with van der Waals surface area (Å²) in [6.45, 7) is 1.09. The number of hydrogen-bond donors (Lipinski definition) is 2. The Balaban J connectivity index is 4.10. The van der Waals surface area contributed by atoms with Crippen LogP contribution in [0, 0.1) is 0 Å². The summed E-state index contributed by atoms with van der Waals surface area (Å²) in [5, 5.41) is 12.6. The topological polar surface area (TPSA) is 80.4 Å². The molecule has 0 aliphatic carbocycles. The number of primary sulfonamides is 1. The van der Waals surface area contributed by atoms with Gasteiger partial charge in [-0.1, -0.05) is 0 Å². The Labute approximate surface area is 42.0 Å². The van der Waals surface area contributed by atoms with Crippen LogP contribution in [0.4, 0.5) is 0 Å². The van der Waals surface area contributed by atoms with E-state index in [0.29, 0.717) is 0 Å². The van der Waals surface area contributed by atoms with Crippen molar-refractivity contribution in [1.82, 2.24) is 0 Å². The van der Waals surface area contributed by atoms with Crippen molar-refractivity contribution < 1.29 is 13.5 Å². The van der Waals surface area contributed by atoms with E-state index in [1.807, 2.05) is 0 Å². The number of nitrogens with two attached hydrogens (primary N) is 1. The molecule has 0 bridgehead atoms. The summed E-state index contributed by atoms with van der Waals surface area (Å²) in [6, 6.07) is 0. The smallest absolute Gasteiger partial charge is 0.235 e. The van der Waals surface area contributed by atoms with Crippen molar-refractivity contribution in [3.8, 4) is 0 Å². The van der Waals surface area contributed by atoms with E-state index in [2.05, 4.69) is 5.14 Å². The number of rotatable bonds is 1. The number of aliphatic hydroxyl groups is 1. The van der Waals surface area contributed by atoms with Crippen LogP contribution in [-0.2, 0) is 10.0 Å². The third-order valence-corrected chi connectivity index (χ3v) is 1.43. The van der Waals surface area contributed by atoms with E-state index in [4.69, 9.17) is 5.11 Å². The molecule has 4 nitrogen and oxygen atoms in total. The van der Waals surface area contributed by atoms with E-state index >= 15 is 0 Å². The second-order valence-electron chi connectivity index (χ2n) is 1.19. The molecular weight excluding hydrogens is 118 g/mol. The SMILES string of the molecule is CC(O)S(N)(=O)=O. The molecule has 0 rings (SSSR count). The standard InChI is InChI=1S/C2H7NO3S/c1-2(4)7(3,5)6/h2,4H,1H3,(H2,3,5,6). The molecule has 0 saturated heterocycles. The summed E-state index contributed by atoms with van der Waals surface area (Å²) in [6.07, 6.45) is 0. The fourth-order valence-corrected chi connectivity index (χ4v) is 0. The molecule has 0 aliphatic rings. The molecule has 0 radical (unpaired) electrons. The highest BCUT2D eigenvalue weighted by Crippen LogP contribution is 1.84.